The topological polar surface area (TPSA) is 26.3 Å². The van der Waals surface area contributed by atoms with Gasteiger partial charge < -0.3 is 4.74 Å². The molecule has 0 heterocycles. The first-order valence-electron chi connectivity index (χ1n) is 4.30. The molecule has 0 fully saturated rings. The highest BCUT2D eigenvalue weighted by Gasteiger charge is 1.94. The van der Waals surface area contributed by atoms with Crippen molar-refractivity contribution in [2.75, 3.05) is 7.11 Å². The summed E-state index contributed by atoms with van der Waals surface area (Å²) in [6.45, 7) is 4.05. The third-order valence-corrected chi connectivity index (χ3v) is 2.00. The van der Waals surface area contributed by atoms with E-state index in [0.29, 0.717) is 0 Å². The van der Waals surface area contributed by atoms with Gasteiger partial charge in [-0.15, -0.1) is 0 Å². The van der Waals surface area contributed by atoms with E-state index in [2.05, 4.69) is 16.6 Å². The van der Waals surface area contributed by atoms with Crippen LogP contribution in [0.25, 0.3) is 0 Å². The second-order valence-electron chi connectivity index (χ2n) is 3.04. The number of carbonyl (C=O) groups excluding carboxylic acids is 1. The number of carbonyl (C=O) groups is 1. The van der Waals surface area contributed by atoms with Crippen molar-refractivity contribution < 1.29 is 9.53 Å². The van der Waals surface area contributed by atoms with E-state index in [-0.39, 0.29) is 0 Å². The molecule has 0 saturated carbocycles. The Hall–Kier alpha value is -1.75. The Bertz CT molecular complexity index is 408. The van der Waals surface area contributed by atoms with Crippen LogP contribution in [0.3, 0.4) is 0 Å². The Morgan fingerprint density at radius 1 is 1.29 bits per heavy atom. The number of ether oxygens (including phenoxy) is 1. The molecule has 0 saturated heterocycles. The van der Waals surface area contributed by atoms with Gasteiger partial charge in [0.25, 0.3) is 0 Å². The molecule has 0 atom stereocenters. The Labute approximate surface area is 83.9 Å². The van der Waals surface area contributed by atoms with Crippen LogP contribution in [-0.4, -0.2) is 13.1 Å². The summed E-state index contributed by atoms with van der Waals surface area (Å²) >= 11 is 0. The van der Waals surface area contributed by atoms with Crippen molar-refractivity contribution in [3.63, 3.8) is 0 Å². The predicted octanol–water partition coefficient (Wildman–Crippen LogP) is 1.83. The van der Waals surface area contributed by atoms with Gasteiger partial charge >= 0.3 is 5.97 Å². The molecule has 0 spiro atoms. The Morgan fingerprint density at radius 2 is 2.00 bits per heavy atom. The number of rotatable bonds is 0. The van der Waals surface area contributed by atoms with E-state index < -0.39 is 5.97 Å². The Balaban J connectivity index is 2.91. The van der Waals surface area contributed by atoms with Crippen LogP contribution < -0.4 is 0 Å². The second-order valence-corrected chi connectivity index (χ2v) is 3.04. The minimum absolute atomic E-state index is 0.511. The molecule has 72 valence electrons. The fourth-order valence-electron chi connectivity index (χ4n) is 0.993. The van der Waals surface area contributed by atoms with Gasteiger partial charge in [-0.05, 0) is 37.1 Å². The predicted molar refractivity (Wildman–Crippen MR) is 54.8 cm³/mol. The van der Waals surface area contributed by atoms with Crippen LogP contribution in [0.15, 0.2) is 18.2 Å². The van der Waals surface area contributed by atoms with Crippen molar-refractivity contribution in [1.82, 2.24) is 0 Å². The molecule has 2 heteroatoms. The van der Waals surface area contributed by atoms with Crippen molar-refractivity contribution in [1.29, 1.82) is 0 Å². The lowest BCUT2D eigenvalue weighted by Crippen LogP contribution is -1.94. The zero-order valence-corrected chi connectivity index (χ0v) is 8.55. The lowest BCUT2D eigenvalue weighted by molar-refractivity contribution is -0.133. The van der Waals surface area contributed by atoms with Crippen molar-refractivity contribution >= 4 is 5.97 Å². The summed E-state index contributed by atoms with van der Waals surface area (Å²) in [5, 5.41) is 0. The summed E-state index contributed by atoms with van der Waals surface area (Å²) in [6, 6.07) is 5.82. The van der Waals surface area contributed by atoms with Crippen molar-refractivity contribution in [2.24, 2.45) is 0 Å². The first-order chi connectivity index (χ1) is 6.63. The van der Waals surface area contributed by atoms with Crippen LogP contribution in [0.5, 0.6) is 0 Å². The monoisotopic (exact) mass is 188 g/mol. The van der Waals surface area contributed by atoms with E-state index >= 15 is 0 Å². The fraction of sp³-hybridized carbons (Fsp3) is 0.250. The quantitative estimate of drug-likeness (QED) is 0.458. The molecule has 1 aromatic rings. The summed E-state index contributed by atoms with van der Waals surface area (Å²) in [7, 11) is 1.32. The van der Waals surface area contributed by atoms with Gasteiger partial charge in [0.1, 0.15) is 0 Å². The van der Waals surface area contributed by atoms with Gasteiger partial charge in [-0.3, -0.25) is 0 Å². The van der Waals surface area contributed by atoms with E-state index in [0.717, 1.165) is 5.56 Å². The van der Waals surface area contributed by atoms with Crippen LogP contribution in [-0.2, 0) is 9.53 Å². The zero-order chi connectivity index (χ0) is 10.6. The molecule has 0 radical (unpaired) electrons. The maximum absolute atomic E-state index is 10.7. The lowest BCUT2D eigenvalue weighted by Gasteiger charge is -1.98. The molecule has 0 N–H and O–H groups in total. The van der Waals surface area contributed by atoms with Crippen LogP contribution in [0.1, 0.15) is 16.7 Å². The highest BCUT2D eigenvalue weighted by Crippen LogP contribution is 2.08. The number of methoxy groups -OCH3 is 1. The first kappa shape index (κ1) is 10.3. The van der Waals surface area contributed by atoms with Gasteiger partial charge in [0, 0.05) is 11.5 Å². The third-order valence-electron chi connectivity index (χ3n) is 2.00. The van der Waals surface area contributed by atoms with Crippen LogP contribution in [0.2, 0.25) is 0 Å². The van der Waals surface area contributed by atoms with E-state index in [1.54, 1.807) is 0 Å². The average Bonchev–Trinajstić information content (AvgIpc) is 2.19. The highest BCUT2D eigenvalue weighted by molar-refractivity contribution is 5.89. The SMILES string of the molecule is COC(=O)C#Cc1ccc(C)c(C)c1. The van der Waals surface area contributed by atoms with E-state index in [4.69, 9.17) is 0 Å². The maximum Gasteiger partial charge on any atom is 0.384 e. The highest BCUT2D eigenvalue weighted by atomic mass is 16.5. The molecule has 0 amide bonds. The molecule has 0 aliphatic heterocycles. The van der Waals surface area contributed by atoms with Gasteiger partial charge in [0.15, 0.2) is 0 Å². The first-order valence-corrected chi connectivity index (χ1v) is 4.30. The summed E-state index contributed by atoms with van der Waals surface area (Å²) in [4.78, 5) is 10.7. The van der Waals surface area contributed by atoms with Crippen LogP contribution in [0, 0.1) is 25.7 Å². The molecule has 1 aromatic carbocycles. The molecule has 0 aliphatic rings. The van der Waals surface area contributed by atoms with Crippen molar-refractivity contribution in [3.05, 3.63) is 34.9 Å². The van der Waals surface area contributed by atoms with Crippen molar-refractivity contribution in [3.8, 4) is 11.8 Å². The van der Waals surface area contributed by atoms with Crippen LogP contribution in [0.4, 0.5) is 0 Å². The molecule has 14 heavy (non-hydrogen) atoms. The standard InChI is InChI=1S/C12H12O2/c1-9-4-5-11(8-10(9)2)6-7-12(13)14-3/h4-5,8H,1-3H3. The minimum atomic E-state index is -0.511. The van der Waals surface area contributed by atoms with E-state index in [1.165, 1.54) is 18.2 Å². The number of hydrogen-bond acceptors (Lipinski definition) is 2. The number of aryl methyl sites for hydroxylation is 2. The minimum Gasteiger partial charge on any atom is -0.459 e. The van der Waals surface area contributed by atoms with E-state index in [1.807, 2.05) is 32.0 Å². The molecule has 0 unspecified atom stereocenters. The van der Waals surface area contributed by atoms with Crippen LogP contribution >= 0.6 is 0 Å². The fourth-order valence-corrected chi connectivity index (χ4v) is 0.993. The largest absolute Gasteiger partial charge is 0.459 e. The average molecular weight is 188 g/mol. The number of hydrogen-bond donors (Lipinski definition) is 0. The maximum atomic E-state index is 10.7. The normalized spacial score (nSPS) is 8.79. The number of benzene rings is 1. The van der Waals surface area contributed by atoms with E-state index in [9.17, 15) is 4.79 Å². The number of esters is 1. The molecule has 0 bridgehead atoms. The zero-order valence-electron chi connectivity index (χ0n) is 8.55. The van der Waals surface area contributed by atoms with Gasteiger partial charge in [-0.25, -0.2) is 4.79 Å². The Morgan fingerprint density at radius 3 is 2.57 bits per heavy atom. The van der Waals surface area contributed by atoms with Gasteiger partial charge in [-0.2, -0.15) is 0 Å². The smallest absolute Gasteiger partial charge is 0.384 e. The summed E-state index contributed by atoms with van der Waals surface area (Å²) < 4.78 is 4.41. The Kier molecular flexibility index (Phi) is 3.30. The molecule has 0 aliphatic carbocycles. The van der Waals surface area contributed by atoms with Gasteiger partial charge in [0.2, 0.25) is 0 Å². The summed E-state index contributed by atoms with van der Waals surface area (Å²) in [5.41, 5.74) is 3.22. The third kappa shape index (κ3) is 2.63. The molecular formula is C12H12O2. The molecule has 2 nitrogen and oxygen atoms in total. The molecule has 0 aromatic heterocycles. The molecule has 1 rings (SSSR count). The molecular weight excluding hydrogens is 176 g/mol. The summed E-state index contributed by atoms with van der Waals surface area (Å²) in [6.07, 6.45) is 0. The lowest BCUT2D eigenvalue weighted by atomic mass is 10.1. The second kappa shape index (κ2) is 4.48. The van der Waals surface area contributed by atoms with Gasteiger partial charge in [0.05, 0.1) is 7.11 Å². The summed E-state index contributed by atoms with van der Waals surface area (Å²) in [5.74, 6) is 4.61. The van der Waals surface area contributed by atoms with Crippen molar-refractivity contribution in [2.45, 2.75) is 13.8 Å². The van der Waals surface area contributed by atoms with Gasteiger partial charge in [-0.1, -0.05) is 12.0 Å².